The number of rotatable bonds is 4. The predicted molar refractivity (Wildman–Crippen MR) is 94.0 cm³/mol. The average molecular weight is 411 g/mol. The van der Waals surface area contributed by atoms with Crippen LogP contribution in [0.1, 0.15) is 32.8 Å². The molecule has 3 nitrogen and oxygen atoms in total. The molecule has 0 radical (unpaired) electrons. The van der Waals surface area contributed by atoms with E-state index >= 15 is 0 Å². The van der Waals surface area contributed by atoms with Gasteiger partial charge in [-0.2, -0.15) is 0 Å². The lowest BCUT2D eigenvalue weighted by atomic mass is 9.92. The van der Waals surface area contributed by atoms with Crippen LogP contribution in [0, 0.1) is 17.0 Å². The van der Waals surface area contributed by atoms with Crippen LogP contribution < -0.4 is 10.6 Å². The lowest BCUT2D eigenvalue weighted by Gasteiger charge is -2.19. The van der Waals surface area contributed by atoms with Crippen molar-refractivity contribution in [2.75, 3.05) is 13.6 Å². The second-order valence-electron chi connectivity index (χ2n) is 5.90. The number of guanidine groups is 1. The molecule has 0 fully saturated rings. The Morgan fingerprint density at radius 3 is 2.43 bits per heavy atom. The van der Waals surface area contributed by atoms with E-state index in [4.69, 9.17) is 0 Å². The second kappa shape index (κ2) is 9.17. The summed E-state index contributed by atoms with van der Waals surface area (Å²) in [5.41, 5.74) is 0.518. The minimum Gasteiger partial charge on any atom is -0.356 e. The molecule has 6 heteroatoms. The Morgan fingerprint density at radius 1 is 1.19 bits per heavy atom. The van der Waals surface area contributed by atoms with Gasteiger partial charge >= 0.3 is 0 Å². The van der Waals surface area contributed by atoms with Gasteiger partial charge in [0.1, 0.15) is 11.6 Å². The summed E-state index contributed by atoms with van der Waals surface area (Å²) in [6.45, 7) is 7.45. The van der Waals surface area contributed by atoms with Crippen molar-refractivity contribution >= 4 is 29.9 Å². The van der Waals surface area contributed by atoms with Gasteiger partial charge in [0.25, 0.3) is 0 Å². The summed E-state index contributed by atoms with van der Waals surface area (Å²) in [4.78, 5) is 4.05. The fraction of sp³-hybridized carbons (Fsp3) is 0.533. The fourth-order valence-electron chi connectivity index (χ4n) is 1.63. The molecule has 0 amide bonds. The molecule has 1 rings (SSSR count). The molecule has 21 heavy (non-hydrogen) atoms. The number of aliphatic imine (C=N–C) groups is 1. The van der Waals surface area contributed by atoms with Crippen LogP contribution >= 0.6 is 24.0 Å². The Labute approximate surface area is 142 Å². The molecule has 0 aromatic heterocycles. The van der Waals surface area contributed by atoms with Crippen LogP contribution in [0.3, 0.4) is 0 Å². The monoisotopic (exact) mass is 411 g/mol. The molecule has 0 heterocycles. The third-order valence-corrected chi connectivity index (χ3v) is 2.85. The summed E-state index contributed by atoms with van der Waals surface area (Å²) in [6.07, 6.45) is 0.988. The minimum atomic E-state index is -0.445. The molecule has 0 spiro atoms. The van der Waals surface area contributed by atoms with Gasteiger partial charge in [-0.05, 0) is 30.0 Å². The first-order chi connectivity index (χ1) is 9.31. The van der Waals surface area contributed by atoms with Crippen LogP contribution in [-0.2, 0) is 6.54 Å². The molecule has 0 aliphatic carbocycles. The molecule has 120 valence electrons. The number of hydrogen-bond donors (Lipinski definition) is 2. The van der Waals surface area contributed by atoms with Crippen molar-refractivity contribution in [1.29, 1.82) is 0 Å². The lowest BCUT2D eigenvalue weighted by Crippen LogP contribution is -2.38. The Bertz CT molecular complexity index is 470. The topological polar surface area (TPSA) is 36.4 Å². The zero-order chi connectivity index (χ0) is 15.2. The Hall–Kier alpha value is -0.920. The summed E-state index contributed by atoms with van der Waals surface area (Å²) >= 11 is 0. The minimum absolute atomic E-state index is 0. The van der Waals surface area contributed by atoms with Crippen molar-refractivity contribution < 1.29 is 8.78 Å². The molecule has 1 aromatic carbocycles. The Kier molecular flexibility index (Phi) is 8.77. The van der Waals surface area contributed by atoms with Crippen molar-refractivity contribution in [3.63, 3.8) is 0 Å². The number of nitrogens with one attached hydrogen (secondary N) is 2. The van der Waals surface area contributed by atoms with Crippen molar-refractivity contribution in [3.8, 4) is 0 Å². The highest BCUT2D eigenvalue weighted by Gasteiger charge is 2.10. The fourth-order valence-corrected chi connectivity index (χ4v) is 1.63. The number of nitrogens with zero attached hydrogens (tertiary/aromatic N) is 1. The van der Waals surface area contributed by atoms with Gasteiger partial charge < -0.3 is 10.6 Å². The van der Waals surface area contributed by atoms with E-state index in [-0.39, 0.29) is 41.5 Å². The van der Waals surface area contributed by atoms with E-state index in [9.17, 15) is 8.78 Å². The lowest BCUT2D eigenvalue weighted by molar-refractivity contribution is 0.377. The van der Waals surface area contributed by atoms with Crippen molar-refractivity contribution in [2.45, 2.75) is 33.7 Å². The highest BCUT2D eigenvalue weighted by Crippen LogP contribution is 2.16. The van der Waals surface area contributed by atoms with E-state index in [2.05, 4.69) is 36.4 Å². The first-order valence-electron chi connectivity index (χ1n) is 6.70. The third-order valence-electron chi connectivity index (χ3n) is 2.85. The van der Waals surface area contributed by atoms with Crippen molar-refractivity contribution in [1.82, 2.24) is 10.6 Å². The normalized spacial score (nSPS) is 11.8. The van der Waals surface area contributed by atoms with E-state index in [1.54, 1.807) is 7.05 Å². The zero-order valence-corrected chi connectivity index (χ0v) is 15.3. The van der Waals surface area contributed by atoms with Gasteiger partial charge in [0.05, 0.1) is 0 Å². The van der Waals surface area contributed by atoms with Gasteiger partial charge in [0.15, 0.2) is 5.96 Å². The van der Waals surface area contributed by atoms with Gasteiger partial charge in [-0.1, -0.05) is 20.8 Å². The molecule has 0 aliphatic rings. The summed E-state index contributed by atoms with van der Waals surface area (Å²) in [7, 11) is 1.65. The maximum Gasteiger partial charge on any atom is 0.191 e. The highest BCUT2D eigenvalue weighted by atomic mass is 127. The summed E-state index contributed by atoms with van der Waals surface area (Å²) < 4.78 is 26.5. The highest BCUT2D eigenvalue weighted by molar-refractivity contribution is 14.0. The molecule has 0 bridgehead atoms. The molecule has 0 aliphatic heterocycles. The van der Waals surface area contributed by atoms with E-state index < -0.39 is 11.6 Å². The molecular formula is C15H24F2IN3. The molecule has 0 saturated heterocycles. The van der Waals surface area contributed by atoms with Crippen LogP contribution in [0.2, 0.25) is 0 Å². The molecular weight excluding hydrogens is 387 g/mol. The predicted octanol–water partition coefficient (Wildman–Crippen LogP) is 3.68. The van der Waals surface area contributed by atoms with E-state index in [1.165, 1.54) is 6.07 Å². The molecule has 0 atom stereocenters. The Morgan fingerprint density at radius 2 is 1.86 bits per heavy atom. The van der Waals surface area contributed by atoms with Gasteiger partial charge in [0.2, 0.25) is 0 Å². The van der Waals surface area contributed by atoms with E-state index in [1.807, 2.05) is 0 Å². The SMILES string of the molecule is CN=C(NCCC(C)(C)C)NCc1cc(F)ccc1F.I. The van der Waals surface area contributed by atoms with Gasteiger partial charge in [-0.25, -0.2) is 8.78 Å². The standard InChI is InChI=1S/C15H23F2N3.HI/c1-15(2,3)7-8-19-14(18-4)20-10-11-9-12(16)5-6-13(11)17;/h5-6,9H,7-8,10H2,1-4H3,(H2,18,19,20);1H. The molecule has 1 aromatic rings. The Balaban J connectivity index is 0.00000400. The van der Waals surface area contributed by atoms with Crippen LogP contribution in [0.4, 0.5) is 8.78 Å². The first-order valence-corrected chi connectivity index (χ1v) is 6.70. The van der Waals surface area contributed by atoms with E-state index in [0.29, 0.717) is 5.96 Å². The van der Waals surface area contributed by atoms with Crippen LogP contribution in [0.25, 0.3) is 0 Å². The van der Waals surface area contributed by atoms with E-state index in [0.717, 1.165) is 25.1 Å². The van der Waals surface area contributed by atoms with Crippen LogP contribution in [0.15, 0.2) is 23.2 Å². The number of halogens is 3. The molecule has 0 unspecified atom stereocenters. The van der Waals surface area contributed by atoms with Gasteiger partial charge in [-0.15, -0.1) is 24.0 Å². The second-order valence-corrected chi connectivity index (χ2v) is 5.90. The third kappa shape index (κ3) is 8.18. The van der Waals surface area contributed by atoms with Crippen LogP contribution in [0.5, 0.6) is 0 Å². The van der Waals surface area contributed by atoms with Crippen molar-refractivity contribution in [2.24, 2.45) is 10.4 Å². The van der Waals surface area contributed by atoms with Gasteiger partial charge in [-0.3, -0.25) is 4.99 Å². The quantitative estimate of drug-likeness (QED) is 0.451. The number of hydrogen-bond acceptors (Lipinski definition) is 1. The maximum atomic E-state index is 13.5. The molecule has 2 N–H and O–H groups in total. The molecule has 0 saturated carbocycles. The van der Waals surface area contributed by atoms with Gasteiger partial charge in [0, 0.05) is 25.7 Å². The average Bonchev–Trinajstić information content (AvgIpc) is 2.36. The van der Waals surface area contributed by atoms with Crippen LogP contribution in [-0.4, -0.2) is 19.6 Å². The largest absolute Gasteiger partial charge is 0.356 e. The summed E-state index contributed by atoms with van der Waals surface area (Å²) in [5.74, 6) is -0.291. The maximum absolute atomic E-state index is 13.5. The zero-order valence-electron chi connectivity index (χ0n) is 13.0. The summed E-state index contributed by atoms with van der Waals surface area (Å²) in [5, 5.41) is 6.13. The first kappa shape index (κ1) is 20.1. The number of benzene rings is 1. The smallest absolute Gasteiger partial charge is 0.191 e. The summed E-state index contributed by atoms with van der Waals surface area (Å²) in [6, 6.07) is 3.42. The van der Waals surface area contributed by atoms with Crippen molar-refractivity contribution in [3.05, 3.63) is 35.4 Å².